The first-order chi connectivity index (χ1) is 10.1. The number of hydrogen-bond acceptors (Lipinski definition) is 1. The van der Waals surface area contributed by atoms with Gasteiger partial charge in [0.2, 0.25) is 0 Å². The van der Waals surface area contributed by atoms with Crippen molar-refractivity contribution in [2.24, 2.45) is 0 Å². The zero-order chi connectivity index (χ0) is 15.0. The van der Waals surface area contributed by atoms with Crippen molar-refractivity contribution in [1.82, 2.24) is 0 Å². The average molecular weight is 297 g/mol. The van der Waals surface area contributed by atoms with Gasteiger partial charge in [0.05, 0.1) is 0 Å². The molecule has 0 heterocycles. The Balaban J connectivity index is 2.07. The predicted molar refractivity (Wildman–Crippen MR) is 88.9 cm³/mol. The minimum absolute atomic E-state index is 0.610. The molecular weight excluding hydrogens is 280 g/mol. The first-order valence-electron chi connectivity index (χ1n) is 6.99. The maximum atomic E-state index is 10.7. The smallest absolute Gasteiger partial charge is 0.106 e. The summed E-state index contributed by atoms with van der Waals surface area (Å²) in [5.74, 6) is 0. The van der Waals surface area contributed by atoms with Crippen LogP contribution in [0, 0.1) is 13.8 Å². The molecule has 1 atom stereocenters. The maximum Gasteiger partial charge on any atom is 0.106 e. The van der Waals surface area contributed by atoms with Crippen LogP contribution in [0.4, 0.5) is 0 Å². The lowest BCUT2D eigenvalue weighted by Crippen LogP contribution is -2.02. The van der Waals surface area contributed by atoms with Gasteiger partial charge in [0.15, 0.2) is 0 Å². The molecule has 1 nitrogen and oxygen atoms in total. The number of rotatable bonds is 2. The van der Waals surface area contributed by atoms with Gasteiger partial charge >= 0.3 is 0 Å². The van der Waals surface area contributed by atoms with Gasteiger partial charge in [-0.15, -0.1) is 0 Å². The minimum Gasteiger partial charge on any atom is -0.384 e. The number of hydrogen-bond donors (Lipinski definition) is 1. The Hall–Kier alpha value is -1.83. The van der Waals surface area contributed by atoms with Gasteiger partial charge in [-0.25, -0.2) is 0 Å². The van der Waals surface area contributed by atoms with Crippen molar-refractivity contribution in [3.05, 3.63) is 81.9 Å². The molecule has 3 rings (SSSR count). The summed E-state index contributed by atoms with van der Waals surface area (Å²) < 4.78 is 0. The highest BCUT2D eigenvalue weighted by Gasteiger charge is 2.15. The van der Waals surface area contributed by atoms with Gasteiger partial charge < -0.3 is 5.11 Å². The molecule has 0 aliphatic carbocycles. The molecular formula is C19H17ClO. The van der Waals surface area contributed by atoms with E-state index in [0.717, 1.165) is 27.6 Å². The summed E-state index contributed by atoms with van der Waals surface area (Å²) in [6.07, 6.45) is -0.707. The lowest BCUT2D eigenvalue weighted by molar-refractivity contribution is 0.220. The van der Waals surface area contributed by atoms with Crippen molar-refractivity contribution in [1.29, 1.82) is 0 Å². The first-order valence-corrected chi connectivity index (χ1v) is 7.37. The van der Waals surface area contributed by atoms with Gasteiger partial charge in [0.1, 0.15) is 6.10 Å². The fourth-order valence-electron chi connectivity index (χ4n) is 2.57. The second-order valence-electron chi connectivity index (χ2n) is 5.47. The third-order valence-electron chi connectivity index (χ3n) is 4.00. The van der Waals surface area contributed by atoms with E-state index < -0.39 is 6.10 Å². The molecule has 0 aliphatic rings. The van der Waals surface area contributed by atoms with Crippen LogP contribution in [0.2, 0.25) is 5.02 Å². The second kappa shape index (κ2) is 5.51. The Morgan fingerprint density at radius 3 is 2.29 bits per heavy atom. The van der Waals surface area contributed by atoms with Crippen molar-refractivity contribution in [3.63, 3.8) is 0 Å². The molecule has 0 fully saturated rings. The standard InChI is InChI=1S/C19H17ClO/c1-12-9-17(18(20)10-13(12)2)19(21)16-8-7-14-5-3-4-6-15(14)11-16/h3-11,19,21H,1-2H3. The Bertz CT molecular complexity index is 808. The van der Waals surface area contributed by atoms with E-state index in [4.69, 9.17) is 11.6 Å². The molecule has 0 saturated heterocycles. The molecule has 0 radical (unpaired) electrons. The lowest BCUT2D eigenvalue weighted by Gasteiger charge is -2.16. The number of benzene rings is 3. The molecule has 106 valence electrons. The first kappa shape index (κ1) is 14.1. The molecule has 0 spiro atoms. The summed E-state index contributed by atoms with van der Waals surface area (Å²) in [5.41, 5.74) is 3.89. The number of aliphatic hydroxyl groups excluding tert-OH is 1. The van der Waals surface area contributed by atoms with Crippen LogP contribution in [-0.2, 0) is 0 Å². The fraction of sp³-hybridized carbons (Fsp3) is 0.158. The van der Waals surface area contributed by atoms with Gasteiger partial charge in [0.25, 0.3) is 0 Å². The zero-order valence-corrected chi connectivity index (χ0v) is 12.9. The summed E-state index contributed by atoms with van der Waals surface area (Å²) in [5, 5.41) is 13.6. The molecule has 0 amide bonds. The molecule has 3 aromatic carbocycles. The van der Waals surface area contributed by atoms with Crippen LogP contribution in [-0.4, -0.2) is 5.11 Å². The fourth-order valence-corrected chi connectivity index (χ4v) is 2.89. The highest BCUT2D eigenvalue weighted by atomic mass is 35.5. The molecule has 1 N–H and O–H groups in total. The van der Waals surface area contributed by atoms with E-state index in [9.17, 15) is 5.11 Å². The average Bonchev–Trinajstić information content (AvgIpc) is 2.50. The van der Waals surface area contributed by atoms with Crippen LogP contribution >= 0.6 is 11.6 Å². The number of aliphatic hydroxyl groups is 1. The van der Waals surface area contributed by atoms with Gasteiger partial charge in [-0.1, -0.05) is 54.1 Å². The van der Waals surface area contributed by atoms with E-state index in [1.807, 2.05) is 62.4 Å². The molecule has 0 bridgehead atoms. The third kappa shape index (κ3) is 2.67. The Labute approximate surface area is 129 Å². The van der Waals surface area contributed by atoms with Crippen LogP contribution in [0.25, 0.3) is 10.8 Å². The summed E-state index contributed by atoms with van der Waals surface area (Å²) in [6, 6.07) is 18.0. The molecule has 0 aliphatic heterocycles. The van der Waals surface area contributed by atoms with Crippen molar-refractivity contribution in [2.75, 3.05) is 0 Å². The SMILES string of the molecule is Cc1cc(Cl)c(C(O)c2ccc3ccccc3c2)cc1C. The van der Waals surface area contributed by atoms with Crippen LogP contribution in [0.1, 0.15) is 28.4 Å². The number of aryl methyl sites for hydroxylation is 2. The van der Waals surface area contributed by atoms with Crippen LogP contribution in [0.15, 0.2) is 54.6 Å². The van der Waals surface area contributed by atoms with E-state index >= 15 is 0 Å². The predicted octanol–water partition coefficient (Wildman–Crippen LogP) is 5.19. The Morgan fingerprint density at radius 1 is 0.857 bits per heavy atom. The number of fused-ring (bicyclic) bond motifs is 1. The van der Waals surface area contributed by atoms with E-state index in [-0.39, 0.29) is 0 Å². The maximum absolute atomic E-state index is 10.7. The molecule has 0 saturated carbocycles. The van der Waals surface area contributed by atoms with Crippen LogP contribution in [0.3, 0.4) is 0 Å². The van der Waals surface area contributed by atoms with Crippen molar-refractivity contribution in [3.8, 4) is 0 Å². The Kier molecular flexibility index (Phi) is 3.71. The third-order valence-corrected chi connectivity index (χ3v) is 4.32. The quantitative estimate of drug-likeness (QED) is 0.690. The molecule has 21 heavy (non-hydrogen) atoms. The van der Waals surface area contributed by atoms with Crippen LogP contribution in [0.5, 0.6) is 0 Å². The summed E-state index contributed by atoms with van der Waals surface area (Å²) in [7, 11) is 0. The topological polar surface area (TPSA) is 20.2 Å². The normalized spacial score (nSPS) is 12.6. The highest BCUT2D eigenvalue weighted by Crippen LogP contribution is 2.31. The lowest BCUT2D eigenvalue weighted by atomic mass is 9.96. The highest BCUT2D eigenvalue weighted by molar-refractivity contribution is 6.31. The second-order valence-corrected chi connectivity index (χ2v) is 5.87. The molecule has 3 aromatic rings. The van der Waals surface area contributed by atoms with Gasteiger partial charge in [-0.3, -0.25) is 0 Å². The monoisotopic (exact) mass is 296 g/mol. The molecule has 0 aromatic heterocycles. The number of halogens is 1. The van der Waals surface area contributed by atoms with Gasteiger partial charge in [0, 0.05) is 10.6 Å². The summed E-state index contributed by atoms with van der Waals surface area (Å²) in [6.45, 7) is 4.05. The van der Waals surface area contributed by atoms with Crippen molar-refractivity contribution in [2.45, 2.75) is 20.0 Å². The zero-order valence-electron chi connectivity index (χ0n) is 12.1. The van der Waals surface area contributed by atoms with E-state index in [1.54, 1.807) is 0 Å². The van der Waals surface area contributed by atoms with Crippen molar-refractivity contribution >= 4 is 22.4 Å². The Morgan fingerprint density at radius 2 is 1.52 bits per heavy atom. The van der Waals surface area contributed by atoms with Gasteiger partial charge in [-0.05, 0) is 53.4 Å². The van der Waals surface area contributed by atoms with E-state index in [0.29, 0.717) is 5.02 Å². The van der Waals surface area contributed by atoms with Gasteiger partial charge in [-0.2, -0.15) is 0 Å². The summed E-state index contributed by atoms with van der Waals surface area (Å²) in [4.78, 5) is 0. The van der Waals surface area contributed by atoms with Crippen LogP contribution < -0.4 is 0 Å². The largest absolute Gasteiger partial charge is 0.384 e. The summed E-state index contributed by atoms with van der Waals surface area (Å²) >= 11 is 6.30. The van der Waals surface area contributed by atoms with E-state index in [1.165, 1.54) is 5.39 Å². The van der Waals surface area contributed by atoms with E-state index in [2.05, 4.69) is 6.07 Å². The molecule has 2 heteroatoms. The minimum atomic E-state index is -0.707. The van der Waals surface area contributed by atoms with Crippen molar-refractivity contribution < 1.29 is 5.11 Å². The molecule has 1 unspecified atom stereocenters.